The van der Waals surface area contributed by atoms with Crippen molar-refractivity contribution in [1.29, 1.82) is 0 Å². The Balaban J connectivity index is 2.18. The highest BCUT2D eigenvalue weighted by Gasteiger charge is 2.24. The molecule has 1 heterocycles. The van der Waals surface area contributed by atoms with E-state index in [0.717, 1.165) is 6.42 Å². The van der Waals surface area contributed by atoms with Crippen LogP contribution < -0.4 is 10.9 Å². The second kappa shape index (κ2) is 7.98. The summed E-state index contributed by atoms with van der Waals surface area (Å²) in [5, 5.41) is 3.39. The first-order valence-corrected chi connectivity index (χ1v) is 10.5. The minimum Gasteiger partial charge on any atom is -0.352 e. The second-order valence-corrected chi connectivity index (χ2v) is 8.57. The van der Waals surface area contributed by atoms with Gasteiger partial charge in [0.15, 0.2) is 0 Å². The van der Waals surface area contributed by atoms with E-state index in [0.29, 0.717) is 10.9 Å². The lowest BCUT2D eigenvalue weighted by Crippen LogP contribution is -2.38. The third kappa shape index (κ3) is 3.84. The molecule has 146 valence electrons. The van der Waals surface area contributed by atoms with Crippen LogP contribution in [0.15, 0.2) is 75.2 Å². The summed E-state index contributed by atoms with van der Waals surface area (Å²) in [4.78, 5) is 25.2. The van der Waals surface area contributed by atoms with E-state index in [2.05, 4.69) is 5.32 Å². The number of amides is 1. The van der Waals surface area contributed by atoms with Crippen molar-refractivity contribution in [3.05, 3.63) is 71.0 Å². The predicted octanol–water partition coefficient (Wildman–Crippen LogP) is 2.75. The van der Waals surface area contributed by atoms with E-state index in [9.17, 15) is 18.0 Å². The van der Waals surface area contributed by atoms with E-state index < -0.39 is 15.4 Å². The number of hydrogen-bond acceptors (Lipinski definition) is 4. The molecule has 3 rings (SSSR count). The summed E-state index contributed by atoms with van der Waals surface area (Å²) in [6, 6.07) is 16.1. The van der Waals surface area contributed by atoms with E-state index in [1.54, 1.807) is 42.5 Å². The lowest BCUT2D eigenvalue weighted by molar-refractivity contribution is -0.122. The van der Waals surface area contributed by atoms with Gasteiger partial charge in [0.2, 0.25) is 15.7 Å². The zero-order valence-electron chi connectivity index (χ0n) is 15.8. The van der Waals surface area contributed by atoms with Gasteiger partial charge in [0.25, 0.3) is 5.56 Å². The Morgan fingerprint density at radius 1 is 1.07 bits per heavy atom. The van der Waals surface area contributed by atoms with Gasteiger partial charge in [-0.1, -0.05) is 43.3 Å². The molecule has 0 bridgehead atoms. The van der Waals surface area contributed by atoms with Crippen LogP contribution >= 0.6 is 0 Å². The van der Waals surface area contributed by atoms with Gasteiger partial charge in [-0.2, -0.15) is 0 Å². The van der Waals surface area contributed by atoms with Crippen LogP contribution in [0.4, 0.5) is 0 Å². The van der Waals surface area contributed by atoms with Gasteiger partial charge in [0, 0.05) is 6.04 Å². The molecule has 0 saturated heterocycles. The summed E-state index contributed by atoms with van der Waals surface area (Å²) in [5.74, 6) is -0.337. The maximum atomic E-state index is 13.1. The summed E-state index contributed by atoms with van der Waals surface area (Å²) in [6.07, 6.45) is 0.754. The van der Waals surface area contributed by atoms with Crippen molar-refractivity contribution in [2.75, 3.05) is 0 Å². The van der Waals surface area contributed by atoms with Crippen molar-refractivity contribution in [1.82, 2.24) is 9.88 Å². The molecule has 0 saturated carbocycles. The first-order valence-electron chi connectivity index (χ1n) is 9.06. The number of para-hydroxylation sites is 1. The van der Waals surface area contributed by atoms with E-state index in [1.807, 2.05) is 13.8 Å². The fourth-order valence-corrected chi connectivity index (χ4v) is 4.33. The highest BCUT2D eigenvalue weighted by atomic mass is 32.2. The van der Waals surface area contributed by atoms with Crippen LogP contribution in [0.1, 0.15) is 20.3 Å². The Bertz CT molecular complexity index is 1170. The third-order valence-corrected chi connectivity index (χ3v) is 6.40. The number of carbonyl (C=O) groups excluding carboxylic acids is 1. The molecule has 1 amide bonds. The fraction of sp³-hybridized carbons (Fsp3) is 0.238. The van der Waals surface area contributed by atoms with Crippen LogP contribution in [0, 0.1) is 0 Å². The van der Waals surface area contributed by atoms with E-state index >= 15 is 0 Å². The summed E-state index contributed by atoms with van der Waals surface area (Å²) < 4.78 is 27.3. The topological polar surface area (TPSA) is 85.2 Å². The van der Waals surface area contributed by atoms with Crippen molar-refractivity contribution >= 4 is 26.6 Å². The zero-order chi connectivity index (χ0) is 20.3. The molecule has 0 aliphatic heterocycles. The molecule has 0 spiro atoms. The maximum absolute atomic E-state index is 13.1. The molecule has 0 aliphatic carbocycles. The van der Waals surface area contributed by atoms with Crippen molar-refractivity contribution in [2.45, 2.75) is 42.6 Å². The van der Waals surface area contributed by atoms with Crippen LogP contribution in [0.3, 0.4) is 0 Å². The van der Waals surface area contributed by atoms with Gasteiger partial charge in [0.05, 0.1) is 10.4 Å². The zero-order valence-corrected chi connectivity index (χ0v) is 16.6. The van der Waals surface area contributed by atoms with Gasteiger partial charge < -0.3 is 5.32 Å². The van der Waals surface area contributed by atoms with Crippen molar-refractivity contribution in [3.63, 3.8) is 0 Å². The lowest BCUT2D eigenvalue weighted by atomic mass is 10.2. The van der Waals surface area contributed by atoms with Gasteiger partial charge in [-0.25, -0.2) is 8.42 Å². The van der Waals surface area contributed by atoms with Crippen molar-refractivity contribution in [3.8, 4) is 0 Å². The molecule has 0 aliphatic rings. The number of sulfone groups is 1. The molecule has 6 nitrogen and oxygen atoms in total. The smallest absolute Gasteiger partial charge is 0.270 e. The number of aromatic nitrogens is 1. The SMILES string of the molecule is CC[C@@H](C)NC(=O)Cn1c(=O)c(S(=O)(=O)c2ccccc2)cc2ccccc21. The number of nitrogens with one attached hydrogen (secondary N) is 1. The van der Waals surface area contributed by atoms with E-state index in [4.69, 9.17) is 0 Å². The molecule has 1 N–H and O–H groups in total. The Morgan fingerprint density at radius 2 is 1.71 bits per heavy atom. The fourth-order valence-electron chi connectivity index (χ4n) is 2.94. The Hall–Kier alpha value is -2.93. The minimum atomic E-state index is -4.01. The molecule has 1 aromatic heterocycles. The molecule has 2 aromatic carbocycles. The highest BCUT2D eigenvalue weighted by molar-refractivity contribution is 7.91. The predicted molar refractivity (Wildman–Crippen MR) is 108 cm³/mol. The quantitative estimate of drug-likeness (QED) is 0.692. The van der Waals surface area contributed by atoms with Crippen LogP contribution in [0.5, 0.6) is 0 Å². The number of hydrogen-bond donors (Lipinski definition) is 1. The first kappa shape index (κ1) is 19.8. The van der Waals surface area contributed by atoms with Crippen LogP contribution in [-0.2, 0) is 21.2 Å². The summed E-state index contributed by atoms with van der Waals surface area (Å²) in [7, 11) is -4.01. The van der Waals surface area contributed by atoms with Crippen LogP contribution in [-0.4, -0.2) is 24.9 Å². The van der Waals surface area contributed by atoms with E-state index in [1.165, 1.54) is 22.8 Å². The average Bonchev–Trinajstić information content (AvgIpc) is 2.70. The molecule has 1 atom stereocenters. The van der Waals surface area contributed by atoms with Crippen molar-refractivity contribution in [2.24, 2.45) is 0 Å². The van der Waals surface area contributed by atoms with Gasteiger partial charge in [0.1, 0.15) is 11.4 Å². The first-order chi connectivity index (χ1) is 13.3. The maximum Gasteiger partial charge on any atom is 0.270 e. The molecular formula is C21H22N2O4S. The van der Waals surface area contributed by atoms with Crippen LogP contribution in [0.2, 0.25) is 0 Å². The van der Waals surface area contributed by atoms with E-state index in [-0.39, 0.29) is 28.3 Å². The Labute approximate surface area is 163 Å². The molecule has 28 heavy (non-hydrogen) atoms. The molecule has 0 fully saturated rings. The number of nitrogens with zero attached hydrogens (tertiary/aromatic N) is 1. The van der Waals surface area contributed by atoms with Gasteiger partial charge in [-0.05, 0) is 43.0 Å². The van der Waals surface area contributed by atoms with Gasteiger partial charge in [-0.15, -0.1) is 0 Å². The van der Waals surface area contributed by atoms with Crippen molar-refractivity contribution < 1.29 is 13.2 Å². The molecule has 0 unspecified atom stereocenters. The normalized spacial score (nSPS) is 12.6. The largest absolute Gasteiger partial charge is 0.352 e. The molecule has 0 radical (unpaired) electrons. The molecular weight excluding hydrogens is 376 g/mol. The number of pyridine rings is 1. The molecule has 7 heteroatoms. The average molecular weight is 398 g/mol. The Morgan fingerprint density at radius 3 is 2.39 bits per heavy atom. The second-order valence-electron chi connectivity index (χ2n) is 6.65. The lowest BCUT2D eigenvalue weighted by Gasteiger charge is -2.15. The third-order valence-electron chi connectivity index (χ3n) is 4.63. The minimum absolute atomic E-state index is 0.0364. The monoisotopic (exact) mass is 398 g/mol. The summed E-state index contributed by atoms with van der Waals surface area (Å²) >= 11 is 0. The van der Waals surface area contributed by atoms with Crippen LogP contribution in [0.25, 0.3) is 10.9 Å². The number of carbonyl (C=O) groups is 1. The standard InChI is InChI=1S/C21H22N2O4S/c1-3-15(2)22-20(24)14-23-18-12-8-7-9-16(18)13-19(21(23)25)28(26,27)17-10-5-4-6-11-17/h4-13,15H,3,14H2,1-2H3,(H,22,24)/t15-/m1/s1. The number of rotatable bonds is 6. The van der Waals surface area contributed by atoms with Gasteiger partial charge in [-0.3, -0.25) is 14.2 Å². The Kier molecular flexibility index (Phi) is 5.65. The highest BCUT2D eigenvalue weighted by Crippen LogP contribution is 2.21. The molecule has 3 aromatic rings. The summed E-state index contributed by atoms with van der Waals surface area (Å²) in [6.45, 7) is 3.57. The number of fused-ring (bicyclic) bond motifs is 1. The van der Waals surface area contributed by atoms with Gasteiger partial charge >= 0.3 is 0 Å². The number of benzene rings is 2. The summed E-state index contributed by atoms with van der Waals surface area (Å²) in [5.41, 5.74) is -0.194.